The summed E-state index contributed by atoms with van der Waals surface area (Å²) in [7, 11) is 0. The SMILES string of the molecule is C[C@@H]([C@H]1CC[C@H]2[C@@H]3CC[C@@H]4C[C@@](O)(C(F)(F)F)CC[C@@H]4[C@H]3CC[C@]12C)[C@@H](CF)OC(=O)CCCCC(=O)OC(C)(C)C. The number of hydrogen-bond acceptors (Lipinski definition) is 5. The first-order valence-electron chi connectivity index (χ1n) is 16.3. The fourth-order valence-electron chi connectivity index (χ4n) is 9.74. The Kier molecular flexibility index (Phi) is 10.0. The van der Waals surface area contributed by atoms with Crippen molar-refractivity contribution in [3.63, 3.8) is 0 Å². The number of carbonyl (C=O) groups excluding carboxylic acids is 2. The van der Waals surface area contributed by atoms with Crippen molar-refractivity contribution in [3.8, 4) is 0 Å². The zero-order valence-corrected chi connectivity index (χ0v) is 26.1. The van der Waals surface area contributed by atoms with Gasteiger partial charge >= 0.3 is 18.1 Å². The summed E-state index contributed by atoms with van der Waals surface area (Å²) in [6, 6.07) is 0. The van der Waals surface area contributed by atoms with E-state index >= 15 is 0 Å². The fourth-order valence-corrected chi connectivity index (χ4v) is 9.74. The Morgan fingerprint density at radius 2 is 1.55 bits per heavy atom. The molecule has 4 saturated carbocycles. The summed E-state index contributed by atoms with van der Waals surface area (Å²) >= 11 is 0. The van der Waals surface area contributed by atoms with Crippen LogP contribution in [-0.2, 0) is 19.1 Å². The van der Waals surface area contributed by atoms with Crippen molar-refractivity contribution in [2.45, 2.75) is 142 Å². The number of hydrogen-bond donors (Lipinski definition) is 1. The average molecular weight is 605 g/mol. The van der Waals surface area contributed by atoms with Gasteiger partial charge in [0.25, 0.3) is 0 Å². The van der Waals surface area contributed by atoms with Crippen LogP contribution in [0, 0.1) is 46.8 Å². The quantitative estimate of drug-likeness (QED) is 0.164. The summed E-state index contributed by atoms with van der Waals surface area (Å²) in [5, 5.41) is 10.4. The molecule has 0 heterocycles. The molecule has 0 spiro atoms. The lowest BCUT2D eigenvalue weighted by Crippen LogP contribution is -2.55. The van der Waals surface area contributed by atoms with E-state index in [0.717, 1.165) is 38.5 Å². The van der Waals surface area contributed by atoms with Gasteiger partial charge in [-0.25, -0.2) is 4.39 Å². The van der Waals surface area contributed by atoms with Crippen molar-refractivity contribution in [1.82, 2.24) is 0 Å². The minimum Gasteiger partial charge on any atom is -0.460 e. The van der Waals surface area contributed by atoms with Crippen molar-refractivity contribution in [2.24, 2.45) is 46.8 Å². The number of halogens is 4. The average Bonchev–Trinajstić information content (AvgIpc) is 3.24. The van der Waals surface area contributed by atoms with Crippen molar-refractivity contribution in [2.75, 3.05) is 6.67 Å². The molecule has 242 valence electrons. The number of alkyl halides is 4. The van der Waals surface area contributed by atoms with Crippen LogP contribution in [0.25, 0.3) is 0 Å². The van der Waals surface area contributed by atoms with Crippen molar-refractivity contribution >= 4 is 11.9 Å². The molecule has 0 saturated heterocycles. The summed E-state index contributed by atoms with van der Waals surface area (Å²) < 4.78 is 65.9. The Morgan fingerprint density at radius 3 is 2.17 bits per heavy atom. The fraction of sp³-hybridized carbons (Fsp3) is 0.939. The molecule has 0 aromatic heterocycles. The number of unbranched alkanes of at least 4 members (excludes halogenated alkanes) is 1. The van der Waals surface area contributed by atoms with Gasteiger partial charge in [0.05, 0.1) is 0 Å². The maximum atomic E-state index is 14.3. The smallest absolute Gasteiger partial charge is 0.417 e. The van der Waals surface area contributed by atoms with Crippen LogP contribution in [0.2, 0.25) is 0 Å². The first-order chi connectivity index (χ1) is 19.5. The van der Waals surface area contributed by atoms with E-state index in [9.17, 15) is 32.3 Å². The maximum absolute atomic E-state index is 14.3. The lowest BCUT2D eigenvalue weighted by molar-refractivity contribution is -0.282. The van der Waals surface area contributed by atoms with Gasteiger partial charge in [-0.05, 0) is 138 Å². The third-order valence-corrected chi connectivity index (χ3v) is 11.7. The van der Waals surface area contributed by atoms with Gasteiger partial charge in [-0.2, -0.15) is 13.2 Å². The Bertz CT molecular complexity index is 963. The molecule has 42 heavy (non-hydrogen) atoms. The van der Waals surface area contributed by atoms with Gasteiger partial charge in [0.2, 0.25) is 0 Å². The van der Waals surface area contributed by atoms with E-state index in [-0.39, 0.29) is 60.7 Å². The molecule has 1 N–H and O–H groups in total. The standard InChI is InChI=1S/C33H52F4O5/c1-20(27(19-34)41-28(38)8-6-7-9-29(39)42-30(2,3)4)25-12-13-26-24-11-10-21-18-32(40,33(35,36)37)17-15-22(21)23(24)14-16-31(25,26)5/h20-27,40H,6-19H2,1-5H3/t20-,21+,22-,23+,24+,25+,26-,27+,31+,32+/m0/s1. The predicted molar refractivity (Wildman–Crippen MR) is 151 cm³/mol. The van der Waals surface area contributed by atoms with Gasteiger partial charge in [-0.1, -0.05) is 13.8 Å². The van der Waals surface area contributed by atoms with Crippen LogP contribution in [-0.4, -0.2) is 47.2 Å². The third-order valence-electron chi connectivity index (χ3n) is 11.7. The van der Waals surface area contributed by atoms with Gasteiger partial charge in [0.15, 0.2) is 5.60 Å². The summed E-state index contributed by atoms with van der Waals surface area (Å²) in [4.78, 5) is 24.5. The van der Waals surface area contributed by atoms with Gasteiger partial charge in [-0.15, -0.1) is 0 Å². The Labute approximate surface area is 248 Å². The summed E-state index contributed by atoms with van der Waals surface area (Å²) in [6.45, 7) is 9.00. The van der Waals surface area contributed by atoms with Crippen molar-refractivity contribution in [1.29, 1.82) is 0 Å². The van der Waals surface area contributed by atoms with Crippen molar-refractivity contribution < 1.29 is 41.7 Å². The normalized spacial score (nSPS) is 38.0. The highest BCUT2D eigenvalue weighted by molar-refractivity contribution is 5.71. The van der Waals surface area contributed by atoms with E-state index in [1.54, 1.807) is 0 Å². The van der Waals surface area contributed by atoms with Crippen LogP contribution < -0.4 is 0 Å². The molecule has 4 rings (SSSR count). The van der Waals surface area contributed by atoms with Gasteiger partial charge in [0.1, 0.15) is 18.4 Å². The van der Waals surface area contributed by atoms with E-state index < -0.39 is 36.1 Å². The monoisotopic (exact) mass is 604 g/mol. The molecule has 0 aromatic rings. The topological polar surface area (TPSA) is 72.8 Å². The van der Waals surface area contributed by atoms with Crippen LogP contribution in [0.3, 0.4) is 0 Å². The summed E-state index contributed by atoms with van der Waals surface area (Å²) in [5.41, 5.74) is -3.11. The Morgan fingerprint density at radius 1 is 0.905 bits per heavy atom. The molecule has 10 atom stereocenters. The highest BCUT2D eigenvalue weighted by Gasteiger charge is 2.62. The lowest BCUT2D eigenvalue weighted by Gasteiger charge is -2.57. The molecule has 9 heteroatoms. The molecular weight excluding hydrogens is 552 g/mol. The second kappa shape index (κ2) is 12.5. The molecule has 4 aliphatic carbocycles. The highest BCUT2D eigenvalue weighted by Crippen LogP contribution is 2.66. The minimum absolute atomic E-state index is 0.0119. The minimum atomic E-state index is -4.58. The third kappa shape index (κ3) is 6.96. The van der Waals surface area contributed by atoms with E-state index in [2.05, 4.69) is 6.92 Å². The second-order valence-electron chi connectivity index (χ2n) is 15.3. The number of carbonyl (C=O) groups is 2. The summed E-state index contributed by atoms with van der Waals surface area (Å²) in [5.74, 6) is 0.783. The highest BCUT2D eigenvalue weighted by atomic mass is 19.4. The zero-order chi connectivity index (χ0) is 31.1. The Balaban J connectivity index is 1.31. The van der Waals surface area contributed by atoms with E-state index in [0.29, 0.717) is 37.0 Å². The number of rotatable bonds is 9. The van der Waals surface area contributed by atoms with Crippen LogP contribution >= 0.6 is 0 Å². The lowest BCUT2D eigenvalue weighted by atomic mass is 9.48. The van der Waals surface area contributed by atoms with Crippen LogP contribution in [0.5, 0.6) is 0 Å². The largest absolute Gasteiger partial charge is 0.460 e. The molecular formula is C33H52F4O5. The van der Waals surface area contributed by atoms with Gasteiger partial charge < -0.3 is 14.6 Å². The summed E-state index contributed by atoms with van der Waals surface area (Å²) in [6.07, 6.45) is 1.51. The number of fused-ring (bicyclic) bond motifs is 5. The number of esters is 2. The molecule has 0 aromatic carbocycles. The molecule has 4 aliphatic rings. The van der Waals surface area contributed by atoms with E-state index in [1.807, 2.05) is 27.7 Å². The van der Waals surface area contributed by atoms with Gasteiger partial charge in [-0.3, -0.25) is 9.59 Å². The maximum Gasteiger partial charge on any atom is 0.417 e. The van der Waals surface area contributed by atoms with E-state index in [1.165, 1.54) is 0 Å². The molecule has 0 radical (unpaired) electrons. The molecule has 0 amide bonds. The predicted octanol–water partition coefficient (Wildman–Crippen LogP) is 7.97. The van der Waals surface area contributed by atoms with Crippen molar-refractivity contribution in [3.05, 3.63) is 0 Å². The van der Waals surface area contributed by atoms with Gasteiger partial charge in [0, 0.05) is 12.8 Å². The molecule has 4 fully saturated rings. The van der Waals surface area contributed by atoms with E-state index in [4.69, 9.17) is 9.47 Å². The van der Waals surface area contributed by atoms with Crippen LogP contribution in [0.4, 0.5) is 17.6 Å². The number of aliphatic hydroxyl groups is 1. The first kappa shape index (κ1) is 33.5. The first-order valence-corrected chi connectivity index (χ1v) is 16.3. The number of ether oxygens (including phenoxy) is 2. The van der Waals surface area contributed by atoms with Crippen LogP contribution in [0.1, 0.15) is 118 Å². The molecule has 5 nitrogen and oxygen atoms in total. The molecule has 0 bridgehead atoms. The second-order valence-corrected chi connectivity index (χ2v) is 15.3. The molecule has 0 unspecified atom stereocenters. The molecule has 0 aliphatic heterocycles. The van der Waals surface area contributed by atoms with Crippen LogP contribution in [0.15, 0.2) is 0 Å². The Hall–Kier alpha value is -1.38. The zero-order valence-electron chi connectivity index (χ0n) is 26.1.